The van der Waals surface area contributed by atoms with Crippen LogP contribution in [0.2, 0.25) is 0 Å². The molecule has 1 atom stereocenters. The molecule has 0 heterocycles. The number of hydrogen-bond donors (Lipinski definition) is 1. The van der Waals surface area contributed by atoms with E-state index < -0.39 is 12.0 Å². The molecule has 0 aliphatic rings. The zero-order valence-corrected chi connectivity index (χ0v) is 9.00. The SMILES string of the molecule is CNC(C(=O)OC)c1cc(F)ccc1C. The normalized spacial score (nSPS) is 12.3. The van der Waals surface area contributed by atoms with Crippen LogP contribution in [0.15, 0.2) is 18.2 Å². The van der Waals surface area contributed by atoms with E-state index in [1.165, 1.54) is 19.2 Å². The minimum atomic E-state index is -0.620. The van der Waals surface area contributed by atoms with Gasteiger partial charge in [-0.1, -0.05) is 6.07 Å². The van der Waals surface area contributed by atoms with Crippen molar-refractivity contribution >= 4 is 5.97 Å². The lowest BCUT2D eigenvalue weighted by molar-refractivity contribution is -0.143. The number of carbonyl (C=O) groups is 1. The van der Waals surface area contributed by atoms with Crippen LogP contribution in [0.1, 0.15) is 17.2 Å². The first-order valence-corrected chi connectivity index (χ1v) is 4.61. The molecule has 1 N–H and O–H groups in total. The summed E-state index contributed by atoms with van der Waals surface area (Å²) in [6.07, 6.45) is 0. The van der Waals surface area contributed by atoms with Crippen LogP contribution in [0.5, 0.6) is 0 Å². The highest BCUT2D eigenvalue weighted by molar-refractivity contribution is 5.78. The van der Waals surface area contributed by atoms with Crippen molar-refractivity contribution in [3.05, 3.63) is 35.1 Å². The minimum absolute atomic E-state index is 0.361. The van der Waals surface area contributed by atoms with Crippen molar-refractivity contribution in [2.24, 2.45) is 0 Å². The standard InChI is InChI=1S/C11H14FNO2/c1-7-4-5-8(12)6-9(7)10(13-2)11(14)15-3/h4-6,10,13H,1-3H3. The summed E-state index contributed by atoms with van der Waals surface area (Å²) in [5.41, 5.74) is 1.45. The number of carbonyl (C=O) groups excluding carboxylic acids is 1. The Morgan fingerprint density at radius 2 is 2.20 bits per heavy atom. The Morgan fingerprint density at radius 1 is 1.53 bits per heavy atom. The number of hydrogen-bond acceptors (Lipinski definition) is 3. The van der Waals surface area contributed by atoms with Gasteiger partial charge in [0.1, 0.15) is 11.9 Å². The molecule has 82 valence electrons. The topological polar surface area (TPSA) is 38.3 Å². The van der Waals surface area contributed by atoms with Gasteiger partial charge in [-0.25, -0.2) is 9.18 Å². The fourth-order valence-electron chi connectivity index (χ4n) is 1.44. The molecular weight excluding hydrogens is 197 g/mol. The summed E-state index contributed by atoms with van der Waals surface area (Å²) in [5, 5.41) is 2.80. The third-order valence-corrected chi connectivity index (χ3v) is 2.28. The van der Waals surface area contributed by atoms with Gasteiger partial charge < -0.3 is 10.1 Å². The van der Waals surface area contributed by atoms with E-state index in [2.05, 4.69) is 10.1 Å². The van der Waals surface area contributed by atoms with E-state index in [9.17, 15) is 9.18 Å². The Kier molecular flexibility index (Phi) is 3.80. The number of halogens is 1. The number of ether oxygens (including phenoxy) is 1. The fourth-order valence-corrected chi connectivity index (χ4v) is 1.44. The lowest BCUT2D eigenvalue weighted by atomic mass is 10.0. The first-order chi connectivity index (χ1) is 7.10. The molecule has 0 radical (unpaired) electrons. The highest BCUT2D eigenvalue weighted by Crippen LogP contribution is 2.19. The van der Waals surface area contributed by atoms with Gasteiger partial charge in [0.2, 0.25) is 0 Å². The fraction of sp³-hybridized carbons (Fsp3) is 0.364. The third-order valence-electron chi connectivity index (χ3n) is 2.28. The molecule has 1 rings (SSSR count). The monoisotopic (exact) mass is 211 g/mol. The molecule has 0 saturated heterocycles. The maximum Gasteiger partial charge on any atom is 0.327 e. The van der Waals surface area contributed by atoms with E-state index in [0.717, 1.165) is 5.56 Å². The van der Waals surface area contributed by atoms with Crippen LogP contribution in [0.25, 0.3) is 0 Å². The van der Waals surface area contributed by atoms with Gasteiger partial charge in [0.25, 0.3) is 0 Å². The Morgan fingerprint density at radius 3 is 2.73 bits per heavy atom. The highest BCUT2D eigenvalue weighted by atomic mass is 19.1. The molecule has 0 fully saturated rings. The summed E-state index contributed by atoms with van der Waals surface area (Å²) >= 11 is 0. The summed E-state index contributed by atoms with van der Waals surface area (Å²) in [4.78, 5) is 11.4. The van der Waals surface area contributed by atoms with Crippen molar-refractivity contribution in [2.45, 2.75) is 13.0 Å². The Hall–Kier alpha value is -1.42. The first kappa shape index (κ1) is 11.7. The lowest BCUT2D eigenvalue weighted by Gasteiger charge is -2.16. The van der Waals surface area contributed by atoms with Crippen molar-refractivity contribution in [3.63, 3.8) is 0 Å². The Bertz CT molecular complexity index is 366. The number of esters is 1. The number of rotatable bonds is 3. The number of aryl methyl sites for hydroxylation is 1. The average molecular weight is 211 g/mol. The number of benzene rings is 1. The molecule has 0 spiro atoms. The maximum atomic E-state index is 13.0. The van der Waals surface area contributed by atoms with Crippen LogP contribution in [-0.4, -0.2) is 20.1 Å². The van der Waals surface area contributed by atoms with Crippen LogP contribution in [0, 0.1) is 12.7 Å². The zero-order valence-electron chi connectivity index (χ0n) is 9.00. The summed E-state index contributed by atoms with van der Waals surface area (Å²) in [7, 11) is 2.94. The van der Waals surface area contributed by atoms with E-state index in [1.54, 1.807) is 13.1 Å². The van der Waals surface area contributed by atoms with Gasteiger partial charge in [-0.3, -0.25) is 0 Å². The van der Waals surface area contributed by atoms with Crippen LogP contribution >= 0.6 is 0 Å². The van der Waals surface area contributed by atoms with E-state index in [0.29, 0.717) is 5.56 Å². The second-order valence-corrected chi connectivity index (χ2v) is 3.25. The van der Waals surface area contributed by atoms with Crippen molar-refractivity contribution in [2.75, 3.05) is 14.2 Å². The van der Waals surface area contributed by atoms with Crippen LogP contribution in [-0.2, 0) is 9.53 Å². The van der Waals surface area contributed by atoms with Crippen molar-refractivity contribution in [3.8, 4) is 0 Å². The van der Waals surface area contributed by atoms with Crippen molar-refractivity contribution in [1.29, 1.82) is 0 Å². The average Bonchev–Trinajstić information content (AvgIpc) is 2.23. The third kappa shape index (κ3) is 2.53. The van der Waals surface area contributed by atoms with E-state index in [-0.39, 0.29) is 5.82 Å². The predicted molar refractivity (Wildman–Crippen MR) is 55.0 cm³/mol. The minimum Gasteiger partial charge on any atom is -0.468 e. The molecule has 0 bridgehead atoms. The van der Waals surface area contributed by atoms with Gasteiger partial charge in [-0.05, 0) is 37.2 Å². The van der Waals surface area contributed by atoms with Crippen LogP contribution in [0.4, 0.5) is 4.39 Å². The van der Waals surface area contributed by atoms with E-state index >= 15 is 0 Å². The Balaban J connectivity index is 3.11. The molecule has 1 aromatic rings. The van der Waals surface area contributed by atoms with Gasteiger partial charge >= 0.3 is 5.97 Å². The summed E-state index contributed by atoms with van der Waals surface area (Å²) < 4.78 is 17.7. The molecule has 1 aromatic carbocycles. The lowest BCUT2D eigenvalue weighted by Crippen LogP contribution is -2.27. The number of methoxy groups -OCH3 is 1. The zero-order chi connectivity index (χ0) is 11.4. The molecule has 4 heteroatoms. The van der Waals surface area contributed by atoms with E-state index in [4.69, 9.17) is 0 Å². The van der Waals surface area contributed by atoms with Crippen LogP contribution < -0.4 is 5.32 Å². The summed E-state index contributed by atoms with van der Waals surface area (Å²) in [6, 6.07) is 3.72. The molecule has 0 aliphatic carbocycles. The smallest absolute Gasteiger partial charge is 0.327 e. The van der Waals surface area contributed by atoms with Crippen LogP contribution in [0.3, 0.4) is 0 Å². The maximum absolute atomic E-state index is 13.0. The van der Waals surface area contributed by atoms with Gasteiger partial charge in [-0.15, -0.1) is 0 Å². The van der Waals surface area contributed by atoms with Gasteiger partial charge in [-0.2, -0.15) is 0 Å². The quantitative estimate of drug-likeness (QED) is 0.771. The molecule has 1 unspecified atom stereocenters. The van der Waals surface area contributed by atoms with Gasteiger partial charge in [0.15, 0.2) is 0 Å². The molecule has 0 aliphatic heterocycles. The largest absolute Gasteiger partial charge is 0.468 e. The highest BCUT2D eigenvalue weighted by Gasteiger charge is 2.21. The molecule has 15 heavy (non-hydrogen) atoms. The van der Waals surface area contributed by atoms with Crippen molar-refractivity contribution in [1.82, 2.24) is 5.32 Å². The Labute approximate surface area is 88.2 Å². The van der Waals surface area contributed by atoms with Gasteiger partial charge in [0.05, 0.1) is 7.11 Å². The first-order valence-electron chi connectivity index (χ1n) is 4.61. The van der Waals surface area contributed by atoms with E-state index in [1.807, 2.05) is 6.92 Å². The number of likely N-dealkylation sites (N-methyl/N-ethyl adjacent to an activating group) is 1. The summed E-state index contributed by atoms with van der Waals surface area (Å²) in [5.74, 6) is -0.786. The molecule has 0 saturated carbocycles. The van der Waals surface area contributed by atoms with Crippen molar-refractivity contribution < 1.29 is 13.9 Å². The molecular formula is C11H14FNO2. The second kappa shape index (κ2) is 4.89. The second-order valence-electron chi connectivity index (χ2n) is 3.25. The summed E-state index contributed by atoms with van der Waals surface area (Å²) in [6.45, 7) is 1.82. The number of nitrogens with one attached hydrogen (secondary N) is 1. The molecule has 3 nitrogen and oxygen atoms in total. The molecule has 0 aromatic heterocycles. The van der Waals surface area contributed by atoms with Gasteiger partial charge in [0, 0.05) is 0 Å². The molecule has 0 amide bonds. The predicted octanol–water partition coefficient (Wildman–Crippen LogP) is 1.57.